The minimum Gasteiger partial charge on any atom is -0.460 e. The van der Waals surface area contributed by atoms with Crippen LogP contribution in [0.25, 0.3) is 11.3 Å². The number of hydrogen-bond donors (Lipinski definition) is 1. The molecule has 0 amide bonds. The lowest BCUT2D eigenvalue weighted by molar-refractivity contribution is 0.194. The molecular formula is C16H20BrNO2. The van der Waals surface area contributed by atoms with Crippen LogP contribution >= 0.6 is 15.9 Å². The first-order chi connectivity index (χ1) is 9.70. The summed E-state index contributed by atoms with van der Waals surface area (Å²) in [6, 6.07) is 10.3. The predicted octanol–water partition coefficient (Wildman–Crippen LogP) is 4.14. The molecule has 2 rings (SSSR count). The third-order valence-electron chi connectivity index (χ3n) is 3.12. The third kappa shape index (κ3) is 4.20. The van der Waals surface area contributed by atoms with Crippen molar-refractivity contribution in [2.24, 2.45) is 0 Å². The number of methoxy groups -OCH3 is 1. The highest BCUT2D eigenvalue weighted by molar-refractivity contribution is 9.10. The van der Waals surface area contributed by atoms with E-state index < -0.39 is 0 Å². The third-order valence-corrected chi connectivity index (χ3v) is 3.61. The standard InChI is InChI=1S/C16H20BrNO2/c1-12-10-13(17)4-6-15(12)16-7-5-14(20-16)11-18-8-3-9-19-2/h4-7,10,18H,3,8-9,11H2,1-2H3. The molecule has 108 valence electrons. The SMILES string of the molecule is COCCCNCc1ccc(-c2ccc(Br)cc2C)o1. The molecular weight excluding hydrogens is 318 g/mol. The second-order valence-electron chi connectivity index (χ2n) is 4.75. The number of benzene rings is 1. The van der Waals surface area contributed by atoms with Gasteiger partial charge in [0, 0.05) is 23.8 Å². The lowest BCUT2D eigenvalue weighted by atomic mass is 10.1. The first kappa shape index (κ1) is 15.3. The van der Waals surface area contributed by atoms with E-state index in [0.717, 1.165) is 47.7 Å². The predicted molar refractivity (Wildman–Crippen MR) is 84.8 cm³/mol. The van der Waals surface area contributed by atoms with Crippen molar-refractivity contribution in [3.63, 3.8) is 0 Å². The van der Waals surface area contributed by atoms with Crippen LogP contribution in [0.3, 0.4) is 0 Å². The average Bonchev–Trinajstić information content (AvgIpc) is 2.87. The quantitative estimate of drug-likeness (QED) is 0.771. The highest BCUT2D eigenvalue weighted by Gasteiger charge is 2.07. The van der Waals surface area contributed by atoms with Crippen LogP contribution < -0.4 is 5.32 Å². The lowest BCUT2D eigenvalue weighted by Crippen LogP contribution is -2.15. The number of aryl methyl sites for hydroxylation is 1. The van der Waals surface area contributed by atoms with E-state index in [2.05, 4.69) is 40.3 Å². The van der Waals surface area contributed by atoms with Gasteiger partial charge in [-0.25, -0.2) is 0 Å². The zero-order valence-corrected chi connectivity index (χ0v) is 13.5. The Labute approximate surface area is 128 Å². The van der Waals surface area contributed by atoms with Gasteiger partial charge in [-0.1, -0.05) is 15.9 Å². The molecule has 0 saturated heterocycles. The van der Waals surface area contributed by atoms with Crippen molar-refractivity contribution in [2.75, 3.05) is 20.3 Å². The number of rotatable bonds is 7. The Hall–Kier alpha value is -1.10. The molecule has 0 saturated carbocycles. The van der Waals surface area contributed by atoms with Crippen molar-refractivity contribution >= 4 is 15.9 Å². The Morgan fingerprint density at radius 2 is 2.10 bits per heavy atom. The van der Waals surface area contributed by atoms with Crippen LogP contribution in [0.4, 0.5) is 0 Å². The fourth-order valence-electron chi connectivity index (χ4n) is 2.07. The van der Waals surface area contributed by atoms with Crippen LogP contribution in [0.2, 0.25) is 0 Å². The minimum atomic E-state index is 0.749. The van der Waals surface area contributed by atoms with E-state index >= 15 is 0 Å². The molecule has 3 nitrogen and oxygen atoms in total. The molecule has 1 heterocycles. The van der Waals surface area contributed by atoms with Gasteiger partial charge in [0.05, 0.1) is 6.54 Å². The number of furan rings is 1. The molecule has 0 spiro atoms. The van der Waals surface area contributed by atoms with Gasteiger partial charge < -0.3 is 14.5 Å². The Kier molecular flexibility index (Phi) is 5.83. The summed E-state index contributed by atoms with van der Waals surface area (Å²) in [6.07, 6.45) is 1.01. The van der Waals surface area contributed by atoms with Crippen molar-refractivity contribution < 1.29 is 9.15 Å². The van der Waals surface area contributed by atoms with E-state index in [1.54, 1.807) is 7.11 Å². The molecule has 1 aromatic heterocycles. The molecule has 1 aromatic carbocycles. The van der Waals surface area contributed by atoms with Crippen LogP contribution in [-0.4, -0.2) is 20.3 Å². The van der Waals surface area contributed by atoms with Gasteiger partial charge in [0.1, 0.15) is 11.5 Å². The monoisotopic (exact) mass is 337 g/mol. The smallest absolute Gasteiger partial charge is 0.134 e. The molecule has 4 heteroatoms. The summed E-state index contributed by atoms with van der Waals surface area (Å²) in [6.45, 7) is 4.56. The topological polar surface area (TPSA) is 34.4 Å². The Bertz CT molecular complexity index is 551. The average molecular weight is 338 g/mol. The Morgan fingerprint density at radius 1 is 1.25 bits per heavy atom. The van der Waals surface area contributed by atoms with E-state index in [9.17, 15) is 0 Å². The summed E-state index contributed by atoms with van der Waals surface area (Å²) in [7, 11) is 1.72. The van der Waals surface area contributed by atoms with Crippen molar-refractivity contribution in [3.8, 4) is 11.3 Å². The van der Waals surface area contributed by atoms with Crippen molar-refractivity contribution in [1.82, 2.24) is 5.32 Å². The number of ether oxygens (including phenoxy) is 1. The van der Waals surface area contributed by atoms with Gasteiger partial charge in [-0.05, 0) is 55.8 Å². The summed E-state index contributed by atoms with van der Waals surface area (Å²) in [5.41, 5.74) is 2.34. The molecule has 0 aliphatic carbocycles. The van der Waals surface area contributed by atoms with Gasteiger partial charge in [-0.3, -0.25) is 0 Å². The molecule has 0 radical (unpaired) electrons. The first-order valence-corrected chi connectivity index (χ1v) is 7.55. The van der Waals surface area contributed by atoms with Gasteiger partial charge >= 0.3 is 0 Å². The van der Waals surface area contributed by atoms with E-state index in [-0.39, 0.29) is 0 Å². The lowest BCUT2D eigenvalue weighted by Gasteiger charge is -2.04. The summed E-state index contributed by atoms with van der Waals surface area (Å²) >= 11 is 3.48. The molecule has 0 aliphatic heterocycles. The summed E-state index contributed by atoms with van der Waals surface area (Å²) in [5.74, 6) is 1.88. The minimum absolute atomic E-state index is 0.749. The molecule has 0 aliphatic rings. The highest BCUT2D eigenvalue weighted by Crippen LogP contribution is 2.27. The van der Waals surface area contributed by atoms with Gasteiger partial charge in [0.2, 0.25) is 0 Å². The molecule has 20 heavy (non-hydrogen) atoms. The van der Waals surface area contributed by atoms with Crippen LogP contribution in [0, 0.1) is 6.92 Å². The molecule has 0 unspecified atom stereocenters. The number of hydrogen-bond acceptors (Lipinski definition) is 3. The van der Waals surface area contributed by atoms with Crippen molar-refractivity contribution in [3.05, 3.63) is 46.1 Å². The maximum Gasteiger partial charge on any atom is 0.134 e. The maximum absolute atomic E-state index is 5.89. The molecule has 0 atom stereocenters. The van der Waals surface area contributed by atoms with E-state index in [1.807, 2.05) is 18.2 Å². The van der Waals surface area contributed by atoms with Gasteiger partial charge in [0.25, 0.3) is 0 Å². The highest BCUT2D eigenvalue weighted by atomic mass is 79.9. The first-order valence-electron chi connectivity index (χ1n) is 6.75. The fraction of sp³-hybridized carbons (Fsp3) is 0.375. The Balaban J connectivity index is 1.95. The molecule has 1 N–H and O–H groups in total. The summed E-state index contributed by atoms with van der Waals surface area (Å²) < 4.78 is 12.0. The molecule has 0 bridgehead atoms. The van der Waals surface area contributed by atoms with Crippen LogP contribution in [0.5, 0.6) is 0 Å². The zero-order valence-electron chi connectivity index (χ0n) is 11.9. The van der Waals surface area contributed by atoms with E-state index in [1.165, 1.54) is 5.56 Å². The normalized spacial score (nSPS) is 10.9. The largest absolute Gasteiger partial charge is 0.460 e. The maximum atomic E-state index is 5.89. The van der Waals surface area contributed by atoms with Crippen molar-refractivity contribution in [2.45, 2.75) is 19.9 Å². The van der Waals surface area contributed by atoms with Crippen LogP contribution in [0.15, 0.2) is 39.2 Å². The fourth-order valence-corrected chi connectivity index (χ4v) is 2.55. The van der Waals surface area contributed by atoms with Gasteiger partial charge in [-0.15, -0.1) is 0 Å². The van der Waals surface area contributed by atoms with Gasteiger partial charge in [-0.2, -0.15) is 0 Å². The Morgan fingerprint density at radius 3 is 2.85 bits per heavy atom. The number of halogens is 1. The molecule has 0 fully saturated rings. The second-order valence-corrected chi connectivity index (χ2v) is 5.66. The van der Waals surface area contributed by atoms with Gasteiger partial charge in [0.15, 0.2) is 0 Å². The summed E-state index contributed by atoms with van der Waals surface area (Å²) in [5, 5.41) is 3.34. The molecule has 2 aromatic rings. The van der Waals surface area contributed by atoms with E-state index in [0.29, 0.717) is 0 Å². The second kappa shape index (κ2) is 7.62. The van der Waals surface area contributed by atoms with Crippen LogP contribution in [-0.2, 0) is 11.3 Å². The van der Waals surface area contributed by atoms with Crippen molar-refractivity contribution in [1.29, 1.82) is 0 Å². The zero-order chi connectivity index (χ0) is 14.4. The number of nitrogens with one attached hydrogen (secondary N) is 1. The van der Waals surface area contributed by atoms with Crippen LogP contribution in [0.1, 0.15) is 17.7 Å². The van der Waals surface area contributed by atoms with E-state index in [4.69, 9.17) is 9.15 Å². The summed E-state index contributed by atoms with van der Waals surface area (Å²) in [4.78, 5) is 0.